The second-order valence-electron chi connectivity index (χ2n) is 2.74. The fourth-order valence-corrected chi connectivity index (χ4v) is 1.11. The minimum absolute atomic E-state index is 0.0489. The molecule has 74 valence electrons. The molecular weight excluding hydrogens is 200 g/mol. The standard InChI is InChI=1S/C10H11ClN2O/c1-2-3-4-10(14)13-8-5-6-12-9(11)7-8/h2,5-7H,1,3-4H2,(H,12,13,14). The van der Waals surface area contributed by atoms with Crippen LogP contribution in [0.5, 0.6) is 0 Å². The van der Waals surface area contributed by atoms with Crippen molar-refractivity contribution in [1.82, 2.24) is 4.98 Å². The van der Waals surface area contributed by atoms with E-state index in [1.165, 1.54) is 0 Å². The Bertz CT molecular complexity index is 339. The molecule has 0 atom stereocenters. The predicted molar refractivity (Wildman–Crippen MR) is 57.3 cm³/mol. The fourth-order valence-electron chi connectivity index (χ4n) is 0.937. The van der Waals surface area contributed by atoms with E-state index in [0.29, 0.717) is 23.7 Å². The molecular formula is C10H11ClN2O. The summed E-state index contributed by atoms with van der Waals surface area (Å²) in [6, 6.07) is 3.30. The Hall–Kier alpha value is -1.35. The zero-order chi connectivity index (χ0) is 10.4. The third-order valence-corrected chi connectivity index (χ3v) is 1.79. The summed E-state index contributed by atoms with van der Waals surface area (Å²) in [6.45, 7) is 3.54. The van der Waals surface area contributed by atoms with Crippen molar-refractivity contribution < 1.29 is 4.79 Å². The summed E-state index contributed by atoms with van der Waals surface area (Å²) in [6.07, 6.45) is 4.36. The Balaban J connectivity index is 2.51. The first-order valence-corrected chi connectivity index (χ1v) is 4.62. The number of hydrogen-bond donors (Lipinski definition) is 1. The van der Waals surface area contributed by atoms with Crippen LogP contribution in [0.3, 0.4) is 0 Å². The van der Waals surface area contributed by atoms with E-state index in [4.69, 9.17) is 11.6 Å². The molecule has 0 aliphatic heterocycles. The molecule has 3 nitrogen and oxygen atoms in total. The maximum atomic E-state index is 11.3. The quantitative estimate of drug-likeness (QED) is 0.613. The average Bonchev–Trinajstić information content (AvgIpc) is 2.15. The van der Waals surface area contributed by atoms with Gasteiger partial charge >= 0.3 is 0 Å². The summed E-state index contributed by atoms with van der Waals surface area (Å²) in [4.78, 5) is 15.1. The Labute approximate surface area is 87.8 Å². The Kier molecular flexibility index (Phi) is 4.13. The number of carbonyl (C=O) groups is 1. The van der Waals surface area contributed by atoms with Crippen molar-refractivity contribution in [2.75, 3.05) is 5.32 Å². The first-order valence-electron chi connectivity index (χ1n) is 4.24. The maximum Gasteiger partial charge on any atom is 0.224 e. The molecule has 1 aromatic heterocycles. The molecule has 0 fully saturated rings. The maximum absolute atomic E-state index is 11.3. The van der Waals surface area contributed by atoms with Crippen LogP contribution in [0.4, 0.5) is 5.69 Å². The van der Waals surface area contributed by atoms with E-state index in [9.17, 15) is 4.79 Å². The first-order chi connectivity index (χ1) is 6.72. The van der Waals surface area contributed by atoms with Gasteiger partial charge < -0.3 is 5.32 Å². The zero-order valence-electron chi connectivity index (χ0n) is 7.66. The molecule has 1 heterocycles. The van der Waals surface area contributed by atoms with E-state index in [1.807, 2.05) is 0 Å². The lowest BCUT2D eigenvalue weighted by atomic mass is 10.3. The number of nitrogens with zero attached hydrogens (tertiary/aromatic N) is 1. The molecule has 0 aliphatic carbocycles. The number of carbonyl (C=O) groups excluding carboxylic acids is 1. The summed E-state index contributed by atoms with van der Waals surface area (Å²) in [5.41, 5.74) is 0.666. The zero-order valence-corrected chi connectivity index (χ0v) is 8.42. The summed E-state index contributed by atoms with van der Waals surface area (Å²) in [5.74, 6) is -0.0489. The molecule has 0 unspecified atom stereocenters. The first kappa shape index (κ1) is 10.7. The molecule has 0 aromatic carbocycles. The van der Waals surface area contributed by atoms with Gasteiger partial charge in [-0.3, -0.25) is 4.79 Å². The number of amides is 1. The highest BCUT2D eigenvalue weighted by Crippen LogP contribution is 2.12. The van der Waals surface area contributed by atoms with Gasteiger partial charge in [0.1, 0.15) is 5.15 Å². The molecule has 0 radical (unpaired) electrons. The normalized spacial score (nSPS) is 9.50. The van der Waals surface area contributed by atoms with Gasteiger partial charge in [0.2, 0.25) is 5.91 Å². The van der Waals surface area contributed by atoms with Crippen molar-refractivity contribution in [2.24, 2.45) is 0 Å². The van der Waals surface area contributed by atoms with Gasteiger partial charge in [0.05, 0.1) is 0 Å². The van der Waals surface area contributed by atoms with Gasteiger partial charge in [-0.05, 0) is 18.6 Å². The van der Waals surface area contributed by atoms with E-state index in [-0.39, 0.29) is 5.91 Å². The number of allylic oxidation sites excluding steroid dienone is 1. The minimum Gasteiger partial charge on any atom is -0.326 e. The van der Waals surface area contributed by atoms with Gasteiger partial charge in [0.25, 0.3) is 0 Å². The highest BCUT2D eigenvalue weighted by Gasteiger charge is 2.00. The molecule has 0 saturated heterocycles. The second-order valence-corrected chi connectivity index (χ2v) is 3.13. The number of nitrogens with one attached hydrogen (secondary N) is 1. The Morgan fingerprint density at radius 1 is 1.71 bits per heavy atom. The van der Waals surface area contributed by atoms with Crippen LogP contribution in [0.25, 0.3) is 0 Å². The van der Waals surface area contributed by atoms with Crippen LogP contribution in [-0.4, -0.2) is 10.9 Å². The van der Waals surface area contributed by atoms with Crippen molar-refractivity contribution in [2.45, 2.75) is 12.8 Å². The number of rotatable bonds is 4. The van der Waals surface area contributed by atoms with E-state index >= 15 is 0 Å². The molecule has 0 aliphatic rings. The predicted octanol–water partition coefficient (Wildman–Crippen LogP) is 2.64. The van der Waals surface area contributed by atoms with Gasteiger partial charge in [-0.15, -0.1) is 6.58 Å². The second kappa shape index (κ2) is 5.40. The number of halogens is 1. The average molecular weight is 211 g/mol. The summed E-state index contributed by atoms with van der Waals surface area (Å²) in [7, 11) is 0. The van der Waals surface area contributed by atoms with Gasteiger partial charge in [-0.2, -0.15) is 0 Å². The molecule has 4 heteroatoms. The topological polar surface area (TPSA) is 42.0 Å². The van der Waals surface area contributed by atoms with Crippen LogP contribution >= 0.6 is 11.6 Å². The van der Waals surface area contributed by atoms with Gasteiger partial charge in [-0.25, -0.2) is 4.98 Å². The lowest BCUT2D eigenvalue weighted by molar-refractivity contribution is -0.116. The smallest absolute Gasteiger partial charge is 0.224 e. The molecule has 1 amide bonds. The fraction of sp³-hybridized carbons (Fsp3) is 0.200. The number of aromatic nitrogens is 1. The SMILES string of the molecule is C=CCCC(=O)Nc1ccnc(Cl)c1. The lowest BCUT2D eigenvalue weighted by Crippen LogP contribution is -2.10. The highest BCUT2D eigenvalue weighted by atomic mass is 35.5. The van der Waals surface area contributed by atoms with Crippen molar-refractivity contribution in [3.05, 3.63) is 36.1 Å². The third-order valence-electron chi connectivity index (χ3n) is 1.59. The minimum atomic E-state index is -0.0489. The molecule has 1 aromatic rings. The Morgan fingerprint density at radius 2 is 2.50 bits per heavy atom. The van der Waals surface area contributed by atoms with Gasteiger partial charge in [-0.1, -0.05) is 17.7 Å². The highest BCUT2D eigenvalue weighted by molar-refractivity contribution is 6.29. The van der Waals surface area contributed by atoms with Crippen molar-refractivity contribution in [3.8, 4) is 0 Å². The van der Waals surface area contributed by atoms with E-state index in [2.05, 4.69) is 16.9 Å². The van der Waals surface area contributed by atoms with Crippen LogP contribution < -0.4 is 5.32 Å². The Morgan fingerprint density at radius 3 is 3.14 bits per heavy atom. The van der Waals surface area contributed by atoms with E-state index in [1.54, 1.807) is 24.4 Å². The largest absolute Gasteiger partial charge is 0.326 e. The van der Waals surface area contributed by atoms with Crippen LogP contribution in [0.1, 0.15) is 12.8 Å². The molecule has 1 N–H and O–H groups in total. The van der Waals surface area contributed by atoms with E-state index < -0.39 is 0 Å². The van der Waals surface area contributed by atoms with Gasteiger partial charge in [0, 0.05) is 18.3 Å². The third kappa shape index (κ3) is 3.58. The van der Waals surface area contributed by atoms with E-state index in [0.717, 1.165) is 0 Å². The molecule has 1 rings (SSSR count). The summed E-state index contributed by atoms with van der Waals surface area (Å²) in [5, 5.41) is 3.07. The molecule has 0 saturated carbocycles. The number of anilines is 1. The van der Waals surface area contributed by atoms with Crippen LogP contribution in [-0.2, 0) is 4.79 Å². The molecule has 14 heavy (non-hydrogen) atoms. The van der Waals surface area contributed by atoms with Crippen LogP contribution in [0, 0.1) is 0 Å². The molecule has 0 bridgehead atoms. The van der Waals surface area contributed by atoms with Crippen LogP contribution in [0.2, 0.25) is 5.15 Å². The van der Waals surface area contributed by atoms with Crippen molar-refractivity contribution >= 4 is 23.2 Å². The van der Waals surface area contributed by atoms with Crippen LogP contribution in [0.15, 0.2) is 31.0 Å². The number of hydrogen-bond acceptors (Lipinski definition) is 2. The monoisotopic (exact) mass is 210 g/mol. The molecule has 0 spiro atoms. The summed E-state index contributed by atoms with van der Waals surface area (Å²) >= 11 is 5.65. The summed E-state index contributed by atoms with van der Waals surface area (Å²) < 4.78 is 0. The lowest BCUT2D eigenvalue weighted by Gasteiger charge is -2.03. The van der Waals surface area contributed by atoms with Gasteiger partial charge in [0.15, 0.2) is 0 Å². The van der Waals surface area contributed by atoms with Crippen molar-refractivity contribution in [1.29, 1.82) is 0 Å². The number of pyridine rings is 1. The van der Waals surface area contributed by atoms with Crippen molar-refractivity contribution in [3.63, 3.8) is 0 Å².